The fourth-order valence-corrected chi connectivity index (χ4v) is 4.62. The van der Waals surface area contributed by atoms with Gasteiger partial charge in [0.15, 0.2) is 0 Å². The van der Waals surface area contributed by atoms with Gasteiger partial charge in [-0.1, -0.05) is 6.07 Å². The number of H-pyrrole nitrogens is 1. The summed E-state index contributed by atoms with van der Waals surface area (Å²) in [6.07, 6.45) is 1.89. The molecular weight excluding hydrogens is 552 g/mol. The molecule has 3 rings (SSSR count). The molecular formula is C20H17I2N3O. The largest absolute Gasteiger partial charge is 0.489 e. The first-order valence-electron chi connectivity index (χ1n) is 8.11. The maximum absolute atomic E-state index is 9.71. The Labute approximate surface area is 179 Å². The fourth-order valence-electron chi connectivity index (χ4n) is 2.61. The van der Waals surface area contributed by atoms with Crippen LogP contribution in [0.1, 0.15) is 30.8 Å². The molecule has 26 heavy (non-hydrogen) atoms. The molecule has 0 unspecified atom stereocenters. The van der Waals surface area contributed by atoms with Crippen LogP contribution in [0.25, 0.3) is 22.7 Å². The summed E-state index contributed by atoms with van der Waals surface area (Å²) < 4.78 is 8.10. The number of ether oxygens (including phenoxy) is 1. The summed E-state index contributed by atoms with van der Waals surface area (Å²) in [5.74, 6) is 1.36. The summed E-state index contributed by atoms with van der Waals surface area (Å²) in [5.41, 5.74) is 4.28. The average Bonchev–Trinajstić information content (AvgIpc) is 2.98. The summed E-state index contributed by atoms with van der Waals surface area (Å²) in [4.78, 5) is 7.82. The molecule has 0 aliphatic carbocycles. The Bertz CT molecular complexity index is 1050. The number of benzene rings is 2. The second-order valence-electron chi connectivity index (χ2n) is 6.25. The highest BCUT2D eigenvalue weighted by atomic mass is 127. The predicted octanol–water partition coefficient (Wildman–Crippen LogP) is 5.93. The highest BCUT2D eigenvalue weighted by Gasteiger charge is 2.14. The van der Waals surface area contributed by atoms with E-state index in [4.69, 9.17) is 4.74 Å². The molecule has 4 nitrogen and oxygen atoms in total. The quantitative estimate of drug-likeness (QED) is 0.313. The molecule has 0 amide bonds. The molecule has 1 heterocycles. The monoisotopic (exact) mass is 569 g/mol. The van der Waals surface area contributed by atoms with E-state index >= 15 is 0 Å². The van der Waals surface area contributed by atoms with Crippen LogP contribution in [0.4, 0.5) is 0 Å². The van der Waals surface area contributed by atoms with Crippen LogP contribution in [0, 0.1) is 25.4 Å². The third-order valence-electron chi connectivity index (χ3n) is 3.70. The van der Waals surface area contributed by atoms with E-state index in [0.29, 0.717) is 11.4 Å². The van der Waals surface area contributed by atoms with E-state index in [9.17, 15) is 5.26 Å². The number of nitriles is 1. The van der Waals surface area contributed by atoms with Crippen molar-refractivity contribution in [1.29, 1.82) is 5.26 Å². The number of aromatic nitrogens is 2. The van der Waals surface area contributed by atoms with Crippen LogP contribution in [-0.2, 0) is 0 Å². The van der Waals surface area contributed by atoms with Gasteiger partial charge in [-0.15, -0.1) is 0 Å². The molecule has 0 aliphatic heterocycles. The Balaban J connectivity index is 2.12. The van der Waals surface area contributed by atoms with Crippen molar-refractivity contribution in [2.45, 2.75) is 26.9 Å². The van der Waals surface area contributed by atoms with E-state index < -0.39 is 0 Å². The Kier molecular flexibility index (Phi) is 5.87. The second kappa shape index (κ2) is 7.96. The van der Waals surface area contributed by atoms with Crippen molar-refractivity contribution in [3.63, 3.8) is 0 Å². The number of aryl methyl sites for hydroxylation is 1. The normalized spacial score (nSPS) is 11.8. The smallest absolute Gasteiger partial charge is 0.149 e. The molecule has 132 valence electrons. The van der Waals surface area contributed by atoms with Crippen LogP contribution in [-0.4, -0.2) is 16.1 Å². The number of allylic oxidation sites excluding steroid dienone is 1. The summed E-state index contributed by atoms with van der Waals surface area (Å²) >= 11 is 4.54. The lowest BCUT2D eigenvalue weighted by Crippen LogP contribution is -2.08. The number of hydrogen-bond donors (Lipinski definition) is 1. The van der Waals surface area contributed by atoms with Crippen molar-refractivity contribution in [3.8, 4) is 11.8 Å². The average molecular weight is 569 g/mol. The van der Waals surface area contributed by atoms with Gasteiger partial charge in [0.05, 0.1) is 26.3 Å². The van der Waals surface area contributed by atoms with Crippen LogP contribution in [0.2, 0.25) is 0 Å². The molecule has 1 N–H and O–H groups in total. The Morgan fingerprint density at radius 1 is 1.27 bits per heavy atom. The van der Waals surface area contributed by atoms with Crippen LogP contribution in [0.15, 0.2) is 30.3 Å². The lowest BCUT2D eigenvalue weighted by Gasteiger charge is -2.15. The minimum absolute atomic E-state index is 0.0513. The minimum Gasteiger partial charge on any atom is -0.489 e. The molecule has 0 saturated heterocycles. The zero-order valence-corrected chi connectivity index (χ0v) is 18.9. The van der Waals surface area contributed by atoms with E-state index in [1.807, 2.05) is 51.1 Å². The van der Waals surface area contributed by atoms with Gasteiger partial charge in [-0.3, -0.25) is 0 Å². The first-order valence-corrected chi connectivity index (χ1v) is 10.3. The maximum atomic E-state index is 9.71. The summed E-state index contributed by atoms with van der Waals surface area (Å²) in [5, 5.41) is 9.71. The van der Waals surface area contributed by atoms with E-state index in [0.717, 1.165) is 35.1 Å². The summed E-state index contributed by atoms with van der Waals surface area (Å²) in [6, 6.07) is 12.4. The molecule has 0 fully saturated rings. The molecule has 2 aromatic carbocycles. The third-order valence-corrected chi connectivity index (χ3v) is 5.13. The van der Waals surface area contributed by atoms with E-state index in [1.165, 1.54) is 0 Å². The van der Waals surface area contributed by atoms with Gasteiger partial charge >= 0.3 is 0 Å². The van der Waals surface area contributed by atoms with Gasteiger partial charge in [-0.2, -0.15) is 5.26 Å². The lowest BCUT2D eigenvalue weighted by atomic mass is 10.1. The van der Waals surface area contributed by atoms with Gasteiger partial charge in [-0.25, -0.2) is 4.98 Å². The van der Waals surface area contributed by atoms with E-state index in [-0.39, 0.29) is 6.10 Å². The Hall–Kier alpha value is -1.60. The number of hydrogen-bond acceptors (Lipinski definition) is 3. The number of rotatable bonds is 4. The van der Waals surface area contributed by atoms with Crippen molar-refractivity contribution in [1.82, 2.24) is 9.97 Å². The van der Waals surface area contributed by atoms with Crippen molar-refractivity contribution in [2.75, 3.05) is 0 Å². The third kappa shape index (κ3) is 4.20. The number of halogens is 2. The first kappa shape index (κ1) is 19.2. The van der Waals surface area contributed by atoms with Crippen molar-refractivity contribution >= 4 is 67.9 Å². The van der Waals surface area contributed by atoms with E-state index in [2.05, 4.69) is 67.3 Å². The van der Waals surface area contributed by atoms with Crippen molar-refractivity contribution in [2.24, 2.45) is 0 Å². The molecule has 0 spiro atoms. The van der Waals surface area contributed by atoms with Gasteiger partial charge < -0.3 is 9.72 Å². The van der Waals surface area contributed by atoms with Gasteiger partial charge in [0.1, 0.15) is 17.6 Å². The summed E-state index contributed by atoms with van der Waals surface area (Å²) in [6.45, 7) is 6.02. The number of fused-ring (bicyclic) bond motifs is 1. The van der Waals surface area contributed by atoms with Crippen LogP contribution >= 0.6 is 45.2 Å². The van der Waals surface area contributed by atoms with Crippen molar-refractivity contribution in [3.05, 3.63) is 54.4 Å². The van der Waals surface area contributed by atoms with Gasteiger partial charge in [0.25, 0.3) is 0 Å². The van der Waals surface area contributed by atoms with E-state index in [1.54, 1.807) is 0 Å². The number of aromatic amines is 1. The van der Waals surface area contributed by atoms with Gasteiger partial charge in [-0.05, 0) is 102 Å². The molecule has 3 aromatic rings. The molecule has 0 saturated carbocycles. The van der Waals surface area contributed by atoms with Crippen molar-refractivity contribution < 1.29 is 4.74 Å². The topological polar surface area (TPSA) is 61.7 Å². The SMILES string of the molecule is Cc1ccc2nc(C(C#N)=Cc3cc(I)cc(I)c3OC(C)C)[nH]c2c1. The maximum Gasteiger partial charge on any atom is 0.149 e. The molecule has 0 atom stereocenters. The fraction of sp³-hybridized carbons (Fsp3) is 0.200. The minimum atomic E-state index is 0.0513. The first-order chi connectivity index (χ1) is 12.4. The van der Waals surface area contributed by atoms with Gasteiger partial charge in [0, 0.05) is 9.13 Å². The Morgan fingerprint density at radius 3 is 2.73 bits per heavy atom. The highest BCUT2D eigenvalue weighted by molar-refractivity contribution is 14.1. The second-order valence-corrected chi connectivity index (χ2v) is 8.66. The predicted molar refractivity (Wildman–Crippen MR) is 122 cm³/mol. The van der Waals surface area contributed by atoms with Crippen LogP contribution < -0.4 is 4.74 Å². The standard InChI is InChI=1S/C20H17I2N3O/c1-11(2)26-19-13(8-15(21)9-16(19)22)7-14(10-23)20-24-17-5-4-12(3)6-18(17)25-20/h4-9,11H,1-3H3,(H,24,25). The zero-order valence-electron chi connectivity index (χ0n) is 14.6. The zero-order chi connectivity index (χ0) is 18.8. The number of nitrogens with one attached hydrogen (secondary N) is 1. The molecule has 0 bridgehead atoms. The molecule has 6 heteroatoms. The lowest BCUT2D eigenvalue weighted by molar-refractivity contribution is 0.240. The highest BCUT2D eigenvalue weighted by Crippen LogP contribution is 2.32. The molecule has 0 radical (unpaired) electrons. The van der Waals surface area contributed by atoms with Gasteiger partial charge in [0.2, 0.25) is 0 Å². The summed E-state index contributed by atoms with van der Waals surface area (Å²) in [7, 11) is 0. The molecule has 1 aromatic heterocycles. The number of nitrogens with zero attached hydrogens (tertiary/aromatic N) is 2. The van der Waals surface area contributed by atoms with Crippen LogP contribution in [0.3, 0.4) is 0 Å². The Morgan fingerprint density at radius 2 is 2.04 bits per heavy atom. The number of imidazole rings is 1. The van der Waals surface area contributed by atoms with Crippen LogP contribution in [0.5, 0.6) is 5.75 Å². The molecule has 0 aliphatic rings.